The van der Waals surface area contributed by atoms with Crippen molar-refractivity contribution >= 4 is 5.78 Å². The summed E-state index contributed by atoms with van der Waals surface area (Å²) in [6, 6.07) is 0.429. The van der Waals surface area contributed by atoms with E-state index in [0.717, 1.165) is 42.7 Å². The summed E-state index contributed by atoms with van der Waals surface area (Å²) in [5, 5.41) is 3.60. The lowest BCUT2D eigenvalue weighted by molar-refractivity contribution is -0.510. The summed E-state index contributed by atoms with van der Waals surface area (Å²) in [5.74, 6) is 0.574. The summed E-state index contributed by atoms with van der Waals surface area (Å²) < 4.78 is 1.16. The summed E-state index contributed by atoms with van der Waals surface area (Å²) in [4.78, 5) is 24.4. The molecule has 0 amide bonds. The number of fused-ring (bicyclic) bond motifs is 1. The molecule has 4 rings (SSSR count). The summed E-state index contributed by atoms with van der Waals surface area (Å²) in [6.45, 7) is 5.22. The van der Waals surface area contributed by atoms with Crippen LogP contribution < -0.4 is 5.32 Å². The average Bonchev–Trinajstić information content (AvgIpc) is 2.90. The van der Waals surface area contributed by atoms with Gasteiger partial charge in [0.1, 0.15) is 5.78 Å². The molecule has 0 bridgehead atoms. The Morgan fingerprint density at radius 2 is 2.18 bits per heavy atom. The molecule has 3 atom stereocenters. The molecule has 22 heavy (non-hydrogen) atoms. The molecule has 2 aliphatic carbocycles. The van der Waals surface area contributed by atoms with Crippen LogP contribution in [0.2, 0.25) is 0 Å². The normalized spacial score (nSPS) is 33.6. The molecular weight excluding hydrogens is 276 g/mol. The lowest BCUT2D eigenvalue weighted by Gasteiger charge is -2.37. The number of Topliss-reactive ketones (excluding diaryl/α,β-unsaturated/α-hetero) is 1. The Morgan fingerprint density at radius 1 is 1.36 bits per heavy atom. The molecule has 0 spiro atoms. The molecule has 1 fully saturated rings. The lowest BCUT2D eigenvalue weighted by Crippen LogP contribution is -2.37. The Hall–Kier alpha value is -1.55. The van der Waals surface area contributed by atoms with E-state index >= 15 is 0 Å². The van der Waals surface area contributed by atoms with Crippen molar-refractivity contribution < 1.29 is 9.55 Å². The number of carbonyl (C=O) groups excluding carboxylic acids is 1. The number of carbonyl (C=O) groups is 1. The van der Waals surface area contributed by atoms with Gasteiger partial charge in [-0.2, -0.15) is 0 Å². The monoisotopic (exact) mass is 299 g/mol. The second-order valence-corrected chi connectivity index (χ2v) is 7.01. The largest absolute Gasteiger partial charge is 0.306 e. The molecule has 3 unspecified atom stereocenters. The molecule has 2 aliphatic heterocycles. The van der Waals surface area contributed by atoms with E-state index in [1.807, 2.05) is 6.92 Å². The van der Waals surface area contributed by atoms with Gasteiger partial charge in [-0.1, -0.05) is 12.5 Å². The molecule has 1 N–H and O–H groups in total. The van der Waals surface area contributed by atoms with Gasteiger partial charge >= 0.3 is 0 Å². The van der Waals surface area contributed by atoms with Crippen LogP contribution in [0, 0.1) is 16.7 Å². The van der Waals surface area contributed by atoms with Gasteiger partial charge < -0.3 is 5.32 Å². The van der Waals surface area contributed by atoms with Crippen molar-refractivity contribution in [3.63, 3.8) is 0 Å². The summed E-state index contributed by atoms with van der Waals surface area (Å²) >= 11 is 0. The van der Waals surface area contributed by atoms with Gasteiger partial charge in [0, 0.05) is 40.7 Å². The minimum absolute atomic E-state index is 0.0338. The minimum Gasteiger partial charge on any atom is -0.306 e. The van der Waals surface area contributed by atoms with Crippen molar-refractivity contribution in [3.05, 3.63) is 39.0 Å². The van der Waals surface area contributed by atoms with Gasteiger partial charge in [-0.3, -0.25) is 4.79 Å². The molecule has 116 valence electrons. The maximum absolute atomic E-state index is 12.2. The van der Waals surface area contributed by atoms with Crippen LogP contribution in [0.25, 0.3) is 0 Å². The fraction of sp³-hybridized carbons (Fsp3) is 0.611. The number of ketones is 1. The minimum atomic E-state index is 0.0338. The van der Waals surface area contributed by atoms with Gasteiger partial charge in [-0.25, -0.2) is 0 Å². The maximum Gasteiger partial charge on any atom is 0.232 e. The third-order valence-electron chi connectivity index (χ3n) is 5.80. The topological polar surface area (TPSA) is 49.2 Å². The molecule has 0 aromatic carbocycles. The zero-order valence-corrected chi connectivity index (χ0v) is 13.3. The fourth-order valence-electron chi connectivity index (χ4n) is 4.76. The van der Waals surface area contributed by atoms with E-state index in [1.165, 1.54) is 22.3 Å². The quantitative estimate of drug-likeness (QED) is 0.798. The van der Waals surface area contributed by atoms with Gasteiger partial charge in [0.25, 0.3) is 0 Å². The Labute approximate surface area is 130 Å². The number of nitrogens with zero attached hydrogens (tertiary/aromatic N) is 1. The first-order chi connectivity index (χ1) is 10.6. The van der Waals surface area contributed by atoms with Crippen molar-refractivity contribution in [2.45, 2.75) is 45.6 Å². The second kappa shape index (κ2) is 4.98. The highest BCUT2D eigenvalue weighted by molar-refractivity contribution is 5.84. The molecule has 0 saturated heterocycles. The van der Waals surface area contributed by atoms with Crippen LogP contribution in [0.4, 0.5) is 0 Å². The second-order valence-electron chi connectivity index (χ2n) is 7.01. The van der Waals surface area contributed by atoms with Crippen molar-refractivity contribution in [3.8, 4) is 0 Å². The fourth-order valence-corrected chi connectivity index (χ4v) is 4.76. The van der Waals surface area contributed by atoms with Crippen LogP contribution in [0.15, 0.2) is 34.1 Å². The smallest absolute Gasteiger partial charge is 0.232 e. The van der Waals surface area contributed by atoms with Gasteiger partial charge in [0.2, 0.25) is 12.2 Å². The summed E-state index contributed by atoms with van der Waals surface area (Å²) in [5.41, 5.74) is 6.29. The zero-order chi connectivity index (χ0) is 15.4. The van der Waals surface area contributed by atoms with Crippen molar-refractivity contribution in [1.29, 1.82) is 0 Å². The van der Waals surface area contributed by atoms with E-state index in [-0.39, 0.29) is 17.6 Å². The van der Waals surface area contributed by atoms with Crippen LogP contribution in [-0.4, -0.2) is 29.7 Å². The third kappa shape index (κ3) is 1.89. The van der Waals surface area contributed by atoms with Crippen LogP contribution >= 0.6 is 0 Å². The van der Waals surface area contributed by atoms with Crippen LogP contribution in [0.3, 0.4) is 0 Å². The van der Waals surface area contributed by atoms with E-state index in [1.54, 1.807) is 6.92 Å². The van der Waals surface area contributed by atoms with Gasteiger partial charge in [0.05, 0.1) is 5.92 Å². The molecule has 0 radical (unpaired) electrons. The third-order valence-corrected chi connectivity index (χ3v) is 5.80. The standard InChI is InChI=1S/C18H23N2O2/c1-3-13-7-15-12(9-20(13)22)6-11-8-19-16-5-4-14(10(2)21)18(15)17(11)16/h7,12,14,16,19H,3-6,8-9H2,1-2H3/q+1. The SMILES string of the molecule is CCC1=CC2=C3C4=C(CNC4CCC3C(C)=O)CC2C[N+]1=O. The molecule has 4 heteroatoms. The van der Waals surface area contributed by atoms with Gasteiger partial charge in [-0.15, -0.1) is 0 Å². The van der Waals surface area contributed by atoms with Crippen molar-refractivity contribution in [2.75, 3.05) is 13.1 Å². The molecule has 4 aliphatic rings. The highest BCUT2D eigenvalue weighted by Gasteiger charge is 2.45. The lowest BCUT2D eigenvalue weighted by atomic mass is 9.67. The van der Waals surface area contributed by atoms with Crippen LogP contribution in [0.5, 0.6) is 0 Å². The first-order valence-electron chi connectivity index (χ1n) is 8.45. The molecular formula is C18H23N2O2+. The predicted octanol–water partition coefficient (Wildman–Crippen LogP) is 2.66. The Morgan fingerprint density at radius 3 is 2.91 bits per heavy atom. The summed E-state index contributed by atoms with van der Waals surface area (Å²) in [7, 11) is 0. The zero-order valence-electron chi connectivity index (χ0n) is 13.3. The van der Waals surface area contributed by atoms with Crippen LogP contribution in [-0.2, 0) is 4.79 Å². The van der Waals surface area contributed by atoms with Crippen molar-refractivity contribution in [2.24, 2.45) is 11.8 Å². The molecule has 0 aromatic heterocycles. The van der Waals surface area contributed by atoms with E-state index in [2.05, 4.69) is 11.4 Å². The Bertz CT molecular complexity index is 669. The average molecular weight is 299 g/mol. The number of nitroso groups, excluding NO2 is 1. The van der Waals surface area contributed by atoms with Gasteiger partial charge in [0.15, 0.2) is 0 Å². The van der Waals surface area contributed by atoms with E-state index in [0.29, 0.717) is 12.6 Å². The maximum atomic E-state index is 12.2. The first kappa shape index (κ1) is 14.1. The molecule has 4 nitrogen and oxygen atoms in total. The first-order valence-corrected chi connectivity index (χ1v) is 8.45. The Balaban J connectivity index is 1.92. The van der Waals surface area contributed by atoms with Crippen molar-refractivity contribution in [1.82, 2.24) is 5.32 Å². The van der Waals surface area contributed by atoms with E-state index in [4.69, 9.17) is 0 Å². The summed E-state index contributed by atoms with van der Waals surface area (Å²) in [6.07, 6.45) is 5.82. The van der Waals surface area contributed by atoms with E-state index < -0.39 is 0 Å². The van der Waals surface area contributed by atoms with Crippen LogP contribution in [0.1, 0.15) is 39.5 Å². The molecule has 0 aromatic rings. The van der Waals surface area contributed by atoms with E-state index in [9.17, 15) is 9.70 Å². The number of hydrogen-bond acceptors (Lipinski definition) is 3. The predicted molar refractivity (Wildman–Crippen MR) is 84.2 cm³/mol. The number of hydrogen-bond donors (Lipinski definition) is 1. The highest BCUT2D eigenvalue weighted by Crippen LogP contribution is 2.49. The van der Waals surface area contributed by atoms with Gasteiger partial charge in [-0.05, 0) is 42.9 Å². The molecule has 2 heterocycles. The number of allylic oxidation sites excluding steroid dienone is 2. The number of rotatable bonds is 2. The molecule has 1 saturated carbocycles. The number of nitrogens with one attached hydrogen (secondary N) is 1. The Kier molecular flexibility index (Phi) is 3.19. The highest BCUT2D eigenvalue weighted by atomic mass is 16.3.